The first-order valence-electron chi connectivity index (χ1n) is 10.2. The number of benzene rings is 3. The Morgan fingerprint density at radius 2 is 1.71 bits per heavy atom. The molecule has 1 heterocycles. The van der Waals surface area contributed by atoms with Crippen LogP contribution in [0.3, 0.4) is 0 Å². The van der Waals surface area contributed by atoms with Crippen molar-refractivity contribution in [1.29, 1.82) is 0 Å². The largest absolute Gasteiger partial charge is 0.504 e. The molecule has 3 aromatic carbocycles. The summed E-state index contributed by atoms with van der Waals surface area (Å²) in [6, 6.07) is 16.2. The van der Waals surface area contributed by atoms with E-state index in [2.05, 4.69) is 0 Å². The molecule has 0 radical (unpaired) electrons. The second-order valence-corrected chi connectivity index (χ2v) is 9.32. The van der Waals surface area contributed by atoms with E-state index in [-0.39, 0.29) is 29.2 Å². The number of halogens is 2. The van der Waals surface area contributed by atoms with Crippen LogP contribution in [0.1, 0.15) is 27.0 Å². The van der Waals surface area contributed by atoms with E-state index in [1.165, 1.54) is 18.2 Å². The van der Waals surface area contributed by atoms with E-state index in [1.54, 1.807) is 42.5 Å². The van der Waals surface area contributed by atoms with E-state index < -0.39 is 28.6 Å². The molecule has 1 aliphatic rings. The number of nitrogens with zero attached hydrogens (tertiary/aromatic N) is 1. The minimum atomic E-state index is -0.857. The minimum Gasteiger partial charge on any atom is -0.504 e. The quantitative estimate of drug-likeness (QED) is 0.229. The summed E-state index contributed by atoms with van der Waals surface area (Å²) in [4.78, 5) is 39.0. The number of amides is 2. The molecule has 1 fully saturated rings. The number of thioether (sulfide) groups is 1. The first-order valence-corrected chi connectivity index (χ1v) is 11.8. The summed E-state index contributed by atoms with van der Waals surface area (Å²) in [5.74, 6) is -2.62. The van der Waals surface area contributed by atoms with Crippen molar-refractivity contribution in [3.05, 3.63) is 97.9 Å². The number of esters is 1. The van der Waals surface area contributed by atoms with Gasteiger partial charge in [0.15, 0.2) is 11.5 Å². The minimum absolute atomic E-state index is 0.00319. The van der Waals surface area contributed by atoms with E-state index >= 15 is 0 Å². The van der Waals surface area contributed by atoms with Crippen LogP contribution >= 0.6 is 35.0 Å². The van der Waals surface area contributed by atoms with Crippen LogP contribution in [0.25, 0.3) is 6.08 Å². The lowest BCUT2D eigenvalue weighted by Gasteiger charge is -2.13. The molecule has 0 bridgehead atoms. The molecule has 0 unspecified atom stereocenters. The van der Waals surface area contributed by atoms with Gasteiger partial charge < -0.3 is 14.9 Å². The number of carbonyl (C=O) groups excluding carboxylic acids is 3. The van der Waals surface area contributed by atoms with Gasteiger partial charge in [-0.1, -0.05) is 59.6 Å². The normalized spacial score (nSPS) is 14.6. The van der Waals surface area contributed by atoms with Crippen LogP contribution in [0.2, 0.25) is 10.0 Å². The Bertz CT molecular complexity index is 1360. The highest BCUT2D eigenvalue weighted by atomic mass is 35.5. The number of hydrogen-bond acceptors (Lipinski definition) is 7. The van der Waals surface area contributed by atoms with Crippen molar-refractivity contribution in [3.63, 3.8) is 0 Å². The molecule has 7 nitrogen and oxygen atoms in total. The Balaban J connectivity index is 1.54. The SMILES string of the molecule is O=C(OCc1ccccc1)c1cc(/C=C2\SC(=O)N(Cc3ccc(Cl)c(Cl)c3)C2=O)cc(O)c1O. The third kappa shape index (κ3) is 5.62. The van der Waals surface area contributed by atoms with Gasteiger partial charge in [0.1, 0.15) is 12.2 Å². The second kappa shape index (κ2) is 10.4. The van der Waals surface area contributed by atoms with Gasteiger partial charge >= 0.3 is 5.97 Å². The summed E-state index contributed by atoms with van der Waals surface area (Å²) in [5, 5.41) is 20.5. The third-order valence-electron chi connectivity index (χ3n) is 5.04. The number of imide groups is 1. The molecule has 0 spiro atoms. The Kier molecular flexibility index (Phi) is 7.35. The molecular formula is C25H17Cl2NO6S. The topological polar surface area (TPSA) is 104 Å². The van der Waals surface area contributed by atoms with Gasteiger partial charge in [-0.3, -0.25) is 14.5 Å². The fourth-order valence-corrected chi connectivity index (χ4v) is 4.45. The van der Waals surface area contributed by atoms with E-state index in [1.807, 2.05) is 6.07 Å². The maximum absolute atomic E-state index is 12.9. The van der Waals surface area contributed by atoms with Crippen LogP contribution in [0.4, 0.5) is 4.79 Å². The number of phenols is 2. The van der Waals surface area contributed by atoms with E-state index in [0.717, 1.165) is 10.5 Å². The van der Waals surface area contributed by atoms with Crippen LogP contribution in [0.15, 0.2) is 65.6 Å². The molecule has 10 heteroatoms. The molecular weight excluding hydrogens is 513 g/mol. The van der Waals surface area contributed by atoms with Gasteiger partial charge in [-0.2, -0.15) is 0 Å². The Morgan fingerprint density at radius 1 is 0.971 bits per heavy atom. The molecule has 35 heavy (non-hydrogen) atoms. The summed E-state index contributed by atoms with van der Waals surface area (Å²) >= 11 is 12.6. The van der Waals surface area contributed by atoms with E-state index in [9.17, 15) is 24.6 Å². The van der Waals surface area contributed by atoms with Gasteiger partial charge in [0.25, 0.3) is 11.1 Å². The van der Waals surface area contributed by atoms with Gasteiger partial charge in [-0.15, -0.1) is 0 Å². The van der Waals surface area contributed by atoms with E-state index in [0.29, 0.717) is 27.4 Å². The van der Waals surface area contributed by atoms with Crippen molar-refractivity contribution in [2.75, 3.05) is 0 Å². The Hall–Kier alpha value is -3.46. The zero-order valence-corrected chi connectivity index (χ0v) is 20.2. The molecule has 178 valence electrons. The van der Waals surface area contributed by atoms with Gasteiger partial charge in [-0.05, 0) is 58.8 Å². The number of carbonyl (C=O) groups is 3. The Morgan fingerprint density at radius 3 is 2.43 bits per heavy atom. The lowest BCUT2D eigenvalue weighted by atomic mass is 10.1. The van der Waals surface area contributed by atoms with Crippen LogP contribution in [-0.4, -0.2) is 32.2 Å². The van der Waals surface area contributed by atoms with Crippen LogP contribution in [-0.2, 0) is 22.7 Å². The predicted octanol–water partition coefficient (Wildman–Crippen LogP) is 6.00. The van der Waals surface area contributed by atoms with E-state index in [4.69, 9.17) is 27.9 Å². The maximum atomic E-state index is 12.9. The van der Waals surface area contributed by atoms with Crippen LogP contribution < -0.4 is 0 Å². The zero-order chi connectivity index (χ0) is 25.1. The molecule has 0 atom stereocenters. The smallest absolute Gasteiger partial charge is 0.342 e. The Labute approximate surface area is 214 Å². The lowest BCUT2D eigenvalue weighted by Crippen LogP contribution is -2.27. The number of ether oxygens (including phenoxy) is 1. The standard InChI is InChI=1S/C25H17Cl2NO6S/c26-18-7-6-15(9-19(18)27)12-28-23(31)21(35-25(28)33)11-16-8-17(22(30)20(29)10-16)24(32)34-13-14-4-2-1-3-5-14/h1-11,29-30H,12-13H2/b21-11-. The molecule has 2 amide bonds. The summed E-state index contributed by atoms with van der Waals surface area (Å²) < 4.78 is 5.23. The maximum Gasteiger partial charge on any atom is 0.342 e. The summed E-state index contributed by atoms with van der Waals surface area (Å²) in [6.45, 7) is -0.0332. The van der Waals surface area contributed by atoms with Crippen molar-refractivity contribution in [2.45, 2.75) is 13.2 Å². The number of rotatable bonds is 6. The number of aromatic hydroxyl groups is 2. The van der Waals surface area contributed by atoms with Gasteiger partial charge in [0.05, 0.1) is 21.5 Å². The molecule has 2 N–H and O–H groups in total. The summed E-state index contributed by atoms with van der Waals surface area (Å²) in [7, 11) is 0. The van der Waals surface area contributed by atoms with Crippen molar-refractivity contribution >= 4 is 58.2 Å². The number of hydrogen-bond donors (Lipinski definition) is 2. The third-order valence-corrected chi connectivity index (χ3v) is 6.69. The summed E-state index contributed by atoms with van der Waals surface area (Å²) in [5.41, 5.74) is 1.32. The fourth-order valence-electron chi connectivity index (χ4n) is 3.29. The van der Waals surface area contributed by atoms with Crippen molar-refractivity contribution in [2.24, 2.45) is 0 Å². The summed E-state index contributed by atoms with van der Waals surface area (Å²) in [6.07, 6.45) is 1.35. The molecule has 0 saturated carbocycles. The van der Waals surface area contributed by atoms with Crippen LogP contribution in [0, 0.1) is 0 Å². The van der Waals surface area contributed by atoms with Gasteiger partial charge in [0, 0.05) is 0 Å². The predicted molar refractivity (Wildman–Crippen MR) is 133 cm³/mol. The van der Waals surface area contributed by atoms with Crippen molar-refractivity contribution in [3.8, 4) is 11.5 Å². The number of phenolic OH excluding ortho intramolecular Hbond substituents is 2. The second-order valence-electron chi connectivity index (χ2n) is 7.51. The van der Waals surface area contributed by atoms with Crippen molar-refractivity contribution < 1.29 is 29.3 Å². The van der Waals surface area contributed by atoms with Crippen molar-refractivity contribution in [1.82, 2.24) is 4.90 Å². The lowest BCUT2D eigenvalue weighted by molar-refractivity contribution is -0.123. The molecule has 4 rings (SSSR count). The first-order chi connectivity index (χ1) is 16.7. The monoisotopic (exact) mass is 529 g/mol. The molecule has 0 aliphatic carbocycles. The molecule has 0 aromatic heterocycles. The first kappa shape index (κ1) is 24.7. The highest BCUT2D eigenvalue weighted by molar-refractivity contribution is 8.18. The zero-order valence-electron chi connectivity index (χ0n) is 17.9. The molecule has 1 aliphatic heterocycles. The highest BCUT2D eigenvalue weighted by Crippen LogP contribution is 2.37. The fraction of sp³-hybridized carbons (Fsp3) is 0.0800. The van der Waals surface area contributed by atoms with Crippen LogP contribution in [0.5, 0.6) is 11.5 Å². The highest BCUT2D eigenvalue weighted by Gasteiger charge is 2.35. The van der Waals surface area contributed by atoms with Gasteiger partial charge in [-0.25, -0.2) is 4.79 Å². The molecule has 1 saturated heterocycles. The molecule has 3 aromatic rings. The average Bonchev–Trinajstić information content (AvgIpc) is 3.10. The van der Waals surface area contributed by atoms with Gasteiger partial charge in [0.2, 0.25) is 0 Å². The average molecular weight is 530 g/mol.